The summed E-state index contributed by atoms with van der Waals surface area (Å²) in [6.07, 6.45) is 3.24. The Kier molecular flexibility index (Phi) is 3.76. The number of hydrogen-bond acceptors (Lipinski definition) is 2. The molecule has 0 unspecified atom stereocenters. The Labute approximate surface area is 55.5 Å². The zero-order valence-electron chi connectivity index (χ0n) is 6.05. The van der Waals surface area contributed by atoms with Gasteiger partial charge in [-0.25, -0.2) is 0 Å². The van der Waals surface area contributed by atoms with Crippen LogP contribution in [0.5, 0.6) is 0 Å². The molecule has 0 aliphatic carbocycles. The number of carbonyl (C=O) groups is 1. The van der Waals surface area contributed by atoms with Gasteiger partial charge in [0.05, 0.1) is 6.26 Å². The van der Waals surface area contributed by atoms with Crippen LogP contribution >= 0.6 is 0 Å². The van der Waals surface area contributed by atoms with Crippen LogP contribution in [0.1, 0.15) is 20.8 Å². The summed E-state index contributed by atoms with van der Waals surface area (Å²) in [6.45, 7) is 5.41. The van der Waals surface area contributed by atoms with Crippen molar-refractivity contribution in [3.05, 3.63) is 12.3 Å². The van der Waals surface area contributed by atoms with Gasteiger partial charge in [-0.1, -0.05) is 13.8 Å². The van der Waals surface area contributed by atoms with Crippen molar-refractivity contribution in [2.45, 2.75) is 20.8 Å². The SMILES string of the molecule is CC(=O)OC=CC(C)C. The zero-order chi connectivity index (χ0) is 7.28. The molecule has 0 amide bonds. The average Bonchev–Trinajstić information content (AvgIpc) is 1.63. The van der Waals surface area contributed by atoms with Crippen molar-refractivity contribution < 1.29 is 9.53 Å². The number of carbonyl (C=O) groups excluding carboxylic acids is 1. The van der Waals surface area contributed by atoms with Crippen molar-refractivity contribution in [3.63, 3.8) is 0 Å². The molecule has 0 aromatic heterocycles. The van der Waals surface area contributed by atoms with Crippen molar-refractivity contribution >= 4 is 5.97 Å². The molecule has 0 aliphatic rings. The predicted molar refractivity (Wildman–Crippen MR) is 35.7 cm³/mol. The normalized spacial score (nSPS) is 10.7. The second kappa shape index (κ2) is 4.13. The summed E-state index contributed by atoms with van der Waals surface area (Å²) in [4.78, 5) is 10.2. The van der Waals surface area contributed by atoms with Crippen molar-refractivity contribution in [1.82, 2.24) is 0 Å². The van der Waals surface area contributed by atoms with E-state index >= 15 is 0 Å². The fraction of sp³-hybridized carbons (Fsp3) is 0.571. The van der Waals surface area contributed by atoms with E-state index in [-0.39, 0.29) is 5.97 Å². The first-order valence-electron chi connectivity index (χ1n) is 2.97. The van der Waals surface area contributed by atoms with Gasteiger partial charge in [-0.2, -0.15) is 0 Å². The fourth-order valence-electron chi connectivity index (χ4n) is 0.292. The van der Waals surface area contributed by atoms with E-state index in [4.69, 9.17) is 0 Å². The van der Waals surface area contributed by atoms with E-state index in [2.05, 4.69) is 4.74 Å². The molecule has 52 valence electrons. The Balaban J connectivity index is 3.36. The highest BCUT2D eigenvalue weighted by Gasteiger charge is 1.86. The van der Waals surface area contributed by atoms with Crippen LogP contribution in [0.25, 0.3) is 0 Å². The third-order valence-corrected chi connectivity index (χ3v) is 0.697. The molecule has 0 fully saturated rings. The lowest BCUT2D eigenvalue weighted by Gasteiger charge is -1.92. The van der Waals surface area contributed by atoms with Crippen molar-refractivity contribution in [3.8, 4) is 0 Å². The first kappa shape index (κ1) is 8.21. The van der Waals surface area contributed by atoms with E-state index in [9.17, 15) is 4.79 Å². The molecule has 0 N–H and O–H groups in total. The Hall–Kier alpha value is -0.790. The number of rotatable bonds is 2. The van der Waals surface area contributed by atoms with Gasteiger partial charge in [0.1, 0.15) is 0 Å². The quantitative estimate of drug-likeness (QED) is 0.418. The minimum absolute atomic E-state index is 0.271. The number of esters is 1. The molecule has 0 aromatic carbocycles. The maximum Gasteiger partial charge on any atom is 0.307 e. The standard InChI is InChI=1S/C7H12O2/c1-6(2)4-5-9-7(3)8/h4-6H,1-3H3. The van der Waals surface area contributed by atoms with Gasteiger partial charge in [0.15, 0.2) is 0 Å². The third-order valence-electron chi connectivity index (χ3n) is 0.697. The van der Waals surface area contributed by atoms with Crippen LogP contribution in [0, 0.1) is 5.92 Å². The lowest BCUT2D eigenvalue weighted by Crippen LogP contribution is -1.90. The van der Waals surface area contributed by atoms with Crippen LogP contribution in [-0.4, -0.2) is 5.97 Å². The van der Waals surface area contributed by atoms with Gasteiger partial charge < -0.3 is 4.74 Å². The van der Waals surface area contributed by atoms with E-state index in [1.54, 1.807) is 0 Å². The van der Waals surface area contributed by atoms with E-state index in [1.807, 2.05) is 19.9 Å². The van der Waals surface area contributed by atoms with Crippen LogP contribution in [0.4, 0.5) is 0 Å². The molecular formula is C7H12O2. The van der Waals surface area contributed by atoms with Crippen LogP contribution in [-0.2, 0) is 9.53 Å². The monoisotopic (exact) mass is 128 g/mol. The predicted octanol–water partition coefficient (Wildman–Crippen LogP) is 1.72. The summed E-state index contributed by atoms with van der Waals surface area (Å²) in [6, 6.07) is 0. The summed E-state index contributed by atoms with van der Waals surface area (Å²) >= 11 is 0. The van der Waals surface area contributed by atoms with Crippen molar-refractivity contribution in [2.75, 3.05) is 0 Å². The third kappa shape index (κ3) is 7.21. The molecule has 0 saturated heterocycles. The van der Waals surface area contributed by atoms with Gasteiger partial charge >= 0.3 is 5.97 Å². The van der Waals surface area contributed by atoms with Gasteiger partial charge in [-0.3, -0.25) is 4.79 Å². The minimum Gasteiger partial charge on any atom is -0.435 e. The topological polar surface area (TPSA) is 26.3 Å². The molecule has 0 saturated carbocycles. The molecule has 0 aliphatic heterocycles. The minimum atomic E-state index is -0.271. The van der Waals surface area contributed by atoms with Gasteiger partial charge in [0.25, 0.3) is 0 Å². The van der Waals surface area contributed by atoms with Crippen molar-refractivity contribution in [1.29, 1.82) is 0 Å². The molecule has 0 atom stereocenters. The number of allylic oxidation sites excluding steroid dienone is 1. The summed E-state index contributed by atoms with van der Waals surface area (Å²) < 4.78 is 4.53. The molecular weight excluding hydrogens is 116 g/mol. The molecule has 0 bridgehead atoms. The lowest BCUT2D eigenvalue weighted by molar-refractivity contribution is -0.135. The van der Waals surface area contributed by atoms with Crippen LogP contribution in [0.2, 0.25) is 0 Å². The summed E-state index contributed by atoms with van der Waals surface area (Å²) in [5, 5.41) is 0. The first-order valence-corrected chi connectivity index (χ1v) is 2.97. The molecule has 0 heterocycles. The average molecular weight is 128 g/mol. The zero-order valence-corrected chi connectivity index (χ0v) is 6.05. The summed E-state index contributed by atoms with van der Waals surface area (Å²) in [7, 11) is 0. The van der Waals surface area contributed by atoms with Gasteiger partial charge in [-0.15, -0.1) is 0 Å². The molecule has 0 rings (SSSR count). The highest BCUT2D eigenvalue weighted by molar-refractivity contribution is 5.66. The van der Waals surface area contributed by atoms with Crippen LogP contribution in [0.15, 0.2) is 12.3 Å². The molecule has 0 radical (unpaired) electrons. The van der Waals surface area contributed by atoms with Crippen LogP contribution in [0.3, 0.4) is 0 Å². The molecule has 0 spiro atoms. The Morgan fingerprint density at radius 2 is 2.11 bits per heavy atom. The fourth-order valence-corrected chi connectivity index (χ4v) is 0.292. The van der Waals surface area contributed by atoms with E-state index < -0.39 is 0 Å². The number of ether oxygens (including phenoxy) is 1. The molecule has 9 heavy (non-hydrogen) atoms. The Bertz CT molecular complexity index is 114. The second-order valence-corrected chi connectivity index (χ2v) is 2.18. The Morgan fingerprint density at radius 3 is 2.44 bits per heavy atom. The Morgan fingerprint density at radius 1 is 1.56 bits per heavy atom. The first-order chi connectivity index (χ1) is 4.13. The van der Waals surface area contributed by atoms with Crippen molar-refractivity contribution in [2.24, 2.45) is 5.92 Å². The molecule has 2 nitrogen and oxygen atoms in total. The second-order valence-electron chi connectivity index (χ2n) is 2.18. The highest BCUT2D eigenvalue weighted by Crippen LogP contribution is 1.93. The molecule has 0 aromatic rings. The maximum absolute atomic E-state index is 10.2. The number of hydrogen-bond donors (Lipinski definition) is 0. The molecule has 2 heteroatoms. The van der Waals surface area contributed by atoms with Gasteiger partial charge in [-0.05, 0) is 12.0 Å². The largest absolute Gasteiger partial charge is 0.435 e. The summed E-state index contributed by atoms with van der Waals surface area (Å²) in [5.74, 6) is 0.163. The van der Waals surface area contributed by atoms with Gasteiger partial charge in [0, 0.05) is 6.92 Å². The maximum atomic E-state index is 10.2. The van der Waals surface area contributed by atoms with E-state index in [0.29, 0.717) is 5.92 Å². The van der Waals surface area contributed by atoms with Gasteiger partial charge in [0.2, 0.25) is 0 Å². The summed E-state index contributed by atoms with van der Waals surface area (Å²) in [5.41, 5.74) is 0. The van der Waals surface area contributed by atoms with Crippen LogP contribution < -0.4 is 0 Å². The highest BCUT2D eigenvalue weighted by atomic mass is 16.5. The lowest BCUT2D eigenvalue weighted by atomic mass is 10.2. The van der Waals surface area contributed by atoms with E-state index in [1.165, 1.54) is 13.2 Å². The smallest absolute Gasteiger partial charge is 0.307 e. The van der Waals surface area contributed by atoms with E-state index in [0.717, 1.165) is 0 Å².